The summed E-state index contributed by atoms with van der Waals surface area (Å²) in [5.41, 5.74) is 0.452. The molecule has 0 aliphatic heterocycles. The monoisotopic (exact) mass is 261 g/mol. The summed E-state index contributed by atoms with van der Waals surface area (Å²) in [6.07, 6.45) is 2.34. The molecule has 6 heteroatoms. The second kappa shape index (κ2) is 5.99. The van der Waals surface area contributed by atoms with Gasteiger partial charge < -0.3 is 14.0 Å². The Morgan fingerprint density at radius 1 is 1.37 bits per heavy atom. The molecule has 1 aromatic carbocycles. The van der Waals surface area contributed by atoms with Crippen LogP contribution in [0.5, 0.6) is 11.5 Å². The van der Waals surface area contributed by atoms with Gasteiger partial charge in [-0.25, -0.2) is 0 Å². The lowest BCUT2D eigenvalue weighted by Crippen LogP contribution is -2.06. The van der Waals surface area contributed by atoms with Crippen LogP contribution in [0.3, 0.4) is 0 Å². The first-order valence-corrected chi connectivity index (χ1v) is 5.93. The summed E-state index contributed by atoms with van der Waals surface area (Å²) in [5, 5.41) is 7.69. The summed E-state index contributed by atoms with van der Waals surface area (Å²) in [6, 6.07) is 5.20. The Bertz CT molecular complexity index is 566. The van der Waals surface area contributed by atoms with Crippen molar-refractivity contribution < 1.29 is 14.3 Å². The van der Waals surface area contributed by atoms with Crippen molar-refractivity contribution in [3.8, 4) is 11.5 Å². The molecule has 0 fully saturated rings. The number of carbonyl (C=O) groups excluding carboxylic acids is 1. The van der Waals surface area contributed by atoms with E-state index in [0.717, 1.165) is 6.29 Å². The summed E-state index contributed by atoms with van der Waals surface area (Å²) in [7, 11) is 1.83. The zero-order valence-corrected chi connectivity index (χ0v) is 10.9. The van der Waals surface area contributed by atoms with Gasteiger partial charge in [-0.1, -0.05) is 6.07 Å². The molecule has 0 atom stereocenters. The van der Waals surface area contributed by atoms with Gasteiger partial charge in [-0.05, 0) is 19.1 Å². The molecule has 0 spiro atoms. The first-order valence-electron chi connectivity index (χ1n) is 5.93. The minimum Gasteiger partial charge on any atom is -0.490 e. The van der Waals surface area contributed by atoms with Crippen LogP contribution in [0.4, 0.5) is 0 Å². The molecule has 1 heterocycles. The number of aldehydes is 1. The molecule has 0 aliphatic rings. The Morgan fingerprint density at radius 3 is 2.84 bits per heavy atom. The molecular weight excluding hydrogens is 246 g/mol. The lowest BCUT2D eigenvalue weighted by molar-refractivity contribution is 0.111. The highest BCUT2D eigenvalue weighted by Gasteiger charge is 2.12. The Kier molecular flexibility index (Phi) is 4.12. The zero-order valence-electron chi connectivity index (χ0n) is 10.9. The fourth-order valence-corrected chi connectivity index (χ4v) is 1.62. The lowest BCUT2D eigenvalue weighted by atomic mass is 10.2. The summed E-state index contributed by atoms with van der Waals surface area (Å²) < 4.78 is 12.9. The third-order valence-corrected chi connectivity index (χ3v) is 2.59. The van der Waals surface area contributed by atoms with Gasteiger partial charge in [0.25, 0.3) is 0 Å². The molecule has 0 aliphatic carbocycles. The van der Waals surface area contributed by atoms with Gasteiger partial charge in [-0.15, -0.1) is 10.2 Å². The summed E-state index contributed by atoms with van der Waals surface area (Å²) in [5.74, 6) is 1.65. The van der Waals surface area contributed by atoms with Gasteiger partial charge in [0.1, 0.15) is 12.9 Å². The molecule has 6 nitrogen and oxygen atoms in total. The van der Waals surface area contributed by atoms with Crippen molar-refractivity contribution in [2.75, 3.05) is 6.61 Å². The molecule has 0 saturated heterocycles. The number of benzene rings is 1. The normalized spacial score (nSPS) is 10.2. The maximum absolute atomic E-state index is 11.0. The molecule has 0 amide bonds. The summed E-state index contributed by atoms with van der Waals surface area (Å²) in [6.45, 7) is 2.60. The maximum Gasteiger partial charge on any atom is 0.172 e. The van der Waals surface area contributed by atoms with Gasteiger partial charge in [0.2, 0.25) is 0 Å². The van der Waals surface area contributed by atoms with Crippen LogP contribution in [-0.4, -0.2) is 27.7 Å². The quantitative estimate of drug-likeness (QED) is 0.739. The number of para-hydroxylation sites is 1. The van der Waals surface area contributed by atoms with Crippen LogP contribution in [0, 0.1) is 0 Å². The number of nitrogens with zero attached hydrogens (tertiary/aromatic N) is 3. The third kappa shape index (κ3) is 2.90. The average molecular weight is 261 g/mol. The highest BCUT2D eigenvalue weighted by molar-refractivity contribution is 5.81. The van der Waals surface area contributed by atoms with Crippen LogP contribution >= 0.6 is 0 Å². The van der Waals surface area contributed by atoms with Crippen LogP contribution in [0.2, 0.25) is 0 Å². The fourth-order valence-electron chi connectivity index (χ4n) is 1.62. The van der Waals surface area contributed by atoms with E-state index < -0.39 is 0 Å². The first kappa shape index (κ1) is 13.1. The molecular formula is C13H15N3O3. The highest BCUT2D eigenvalue weighted by atomic mass is 16.5. The largest absolute Gasteiger partial charge is 0.490 e. The van der Waals surface area contributed by atoms with Crippen molar-refractivity contribution in [1.29, 1.82) is 0 Å². The number of ether oxygens (including phenoxy) is 2. The van der Waals surface area contributed by atoms with E-state index in [9.17, 15) is 4.79 Å². The number of aromatic nitrogens is 3. The van der Waals surface area contributed by atoms with E-state index in [2.05, 4.69) is 10.2 Å². The molecule has 0 bridgehead atoms. The molecule has 2 rings (SSSR count). The minimum absolute atomic E-state index is 0.224. The van der Waals surface area contributed by atoms with E-state index in [-0.39, 0.29) is 6.61 Å². The Labute approximate surface area is 111 Å². The van der Waals surface area contributed by atoms with E-state index >= 15 is 0 Å². The van der Waals surface area contributed by atoms with E-state index in [1.165, 1.54) is 0 Å². The molecule has 100 valence electrons. The van der Waals surface area contributed by atoms with Gasteiger partial charge in [-0.3, -0.25) is 4.79 Å². The Balaban J connectivity index is 2.22. The van der Waals surface area contributed by atoms with Crippen LogP contribution in [0.25, 0.3) is 0 Å². The summed E-state index contributed by atoms with van der Waals surface area (Å²) in [4.78, 5) is 11.0. The third-order valence-electron chi connectivity index (χ3n) is 2.59. The minimum atomic E-state index is 0.224. The molecule has 0 radical (unpaired) electrons. The number of hydrogen-bond acceptors (Lipinski definition) is 5. The van der Waals surface area contributed by atoms with E-state index in [0.29, 0.717) is 29.5 Å². The molecule has 1 aromatic heterocycles. The second-order valence-electron chi connectivity index (χ2n) is 3.87. The molecule has 0 unspecified atom stereocenters. The predicted molar refractivity (Wildman–Crippen MR) is 68.3 cm³/mol. The summed E-state index contributed by atoms with van der Waals surface area (Å²) >= 11 is 0. The number of carbonyl (C=O) groups is 1. The lowest BCUT2D eigenvalue weighted by Gasteiger charge is -2.13. The predicted octanol–water partition coefficient (Wildman–Crippen LogP) is 1.61. The van der Waals surface area contributed by atoms with E-state index in [1.54, 1.807) is 29.1 Å². The van der Waals surface area contributed by atoms with Gasteiger partial charge in [0, 0.05) is 7.05 Å². The van der Waals surface area contributed by atoms with Gasteiger partial charge in [0.15, 0.2) is 23.6 Å². The van der Waals surface area contributed by atoms with Gasteiger partial charge in [-0.2, -0.15) is 0 Å². The molecule has 2 aromatic rings. The number of aryl methyl sites for hydroxylation is 1. The van der Waals surface area contributed by atoms with Crippen molar-refractivity contribution in [2.45, 2.75) is 13.5 Å². The Hall–Kier alpha value is -2.37. The van der Waals surface area contributed by atoms with E-state index in [1.807, 2.05) is 14.0 Å². The SMILES string of the molecule is CCOc1cccc(C=O)c1OCc1nncn1C. The fraction of sp³-hybridized carbons (Fsp3) is 0.308. The topological polar surface area (TPSA) is 66.2 Å². The van der Waals surface area contributed by atoms with Crippen LogP contribution < -0.4 is 9.47 Å². The zero-order chi connectivity index (χ0) is 13.7. The van der Waals surface area contributed by atoms with Crippen LogP contribution in [-0.2, 0) is 13.7 Å². The average Bonchev–Trinajstić information content (AvgIpc) is 2.83. The van der Waals surface area contributed by atoms with E-state index in [4.69, 9.17) is 9.47 Å². The van der Waals surface area contributed by atoms with Crippen molar-refractivity contribution in [3.05, 3.63) is 35.9 Å². The smallest absolute Gasteiger partial charge is 0.172 e. The van der Waals surface area contributed by atoms with Crippen molar-refractivity contribution in [2.24, 2.45) is 7.05 Å². The van der Waals surface area contributed by atoms with Crippen LogP contribution in [0.1, 0.15) is 23.1 Å². The van der Waals surface area contributed by atoms with Crippen molar-refractivity contribution >= 4 is 6.29 Å². The van der Waals surface area contributed by atoms with Crippen molar-refractivity contribution in [3.63, 3.8) is 0 Å². The van der Waals surface area contributed by atoms with Crippen molar-refractivity contribution in [1.82, 2.24) is 14.8 Å². The van der Waals surface area contributed by atoms with Crippen LogP contribution in [0.15, 0.2) is 24.5 Å². The molecule has 0 saturated carbocycles. The molecule has 0 N–H and O–H groups in total. The maximum atomic E-state index is 11.0. The van der Waals surface area contributed by atoms with Gasteiger partial charge in [0.05, 0.1) is 12.2 Å². The molecule has 19 heavy (non-hydrogen) atoms. The number of rotatable bonds is 6. The van der Waals surface area contributed by atoms with Gasteiger partial charge >= 0.3 is 0 Å². The Morgan fingerprint density at radius 2 is 2.21 bits per heavy atom. The standard InChI is InChI=1S/C13H15N3O3/c1-3-18-11-6-4-5-10(7-17)13(11)19-8-12-15-14-9-16(12)2/h4-7,9H,3,8H2,1-2H3. The highest BCUT2D eigenvalue weighted by Crippen LogP contribution is 2.30. The number of hydrogen-bond donors (Lipinski definition) is 0. The first-order chi connectivity index (χ1) is 9.26. The second-order valence-corrected chi connectivity index (χ2v) is 3.87.